The molecule has 1 fully saturated rings. The summed E-state index contributed by atoms with van der Waals surface area (Å²) < 4.78 is 7.58. The molecule has 0 saturated carbocycles. The van der Waals surface area contributed by atoms with Gasteiger partial charge in [0.2, 0.25) is 5.91 Å². The number of nitrogens with zero attached hydrogens (tertiary/aromatic N) is 6. The normalized spacial score (nSPS) is 15.8. The Balaban J connectivity index is 1.52. The van der Waals surface area contributed by atoms with Crippen LogP contribution in [-0.4, -0.2) is 48.6 Å². The van der Waals surface area contributed by atoms with Gasteiger partial charge in [-0.3, -0.25) is 4.79 Å². The fourth-order valence-electron chi connectivity index (χ4n) is 4.01. The van der Waals surface area contributed by atoms with Gasteiger partial charge in [-0.2, -0.15) is 5.10 Å². The first-order valence-electron chi connectivity index (χ1n) is 10.8. The molecule has 0 bridgehead atoms. The molecule has 1 atom stereocenters. The van der Waals surface area contributed by atoms with Crippen molar-refractivity contribution in [2.45, 2.75) is 32.2 Å². The lowest BCUT2D eigenvalue weighted by molar-refractivity contribution is -0.125. The second kappa shape index (κ2) is 8.06. The van der Waals surface area contributed by atoms with Crippen molar-refractivity contribution in [3.63, 3.8) is 0 Å². The van der Waals surface area contributed by atoms with Crippen LogP contribution in [0.25, 0.3) is 22.1 Å². The van der Waals surface area contributed by atoms with E-state index in [9.17, 15) is 4.79 Å². The number of nitrogens with two attached hydrogens (primary N) is 1. The lowest BCUT2D eigenvalue weighted by Crippen LogP contribution is -2.27. The maximum atomic E-state index is 12.0. The van der Waals surface area contributed by atoms with Crippen molar-refractivity contribution < 1.29 is 9.21 Å². The standard InChI is InChI=1S/C24H23N7O2/c1-4-20(32)30-10-9-16(12-30)31-23-21(22(25)26-13-27-23)17(29-31)7-5-15-6-8-19-18(11-15)28-24(33-19)14(2)3/h4,6,8,11,13-14,16H,1,9-10,12H2,2-3H3,(H2,25,26,27). The van der Waals surface area contributed by atoms with E-state index in [1.54, 1.807) is 4.90 Å². The molecular weight excluding hydrogens is 418 g/mol. The summed E-state index contributed by atoms with van der Waals surface area (Å²) in [5.74, 6) is 7.42. The number of nitrogen functional groups attached to an aromatic ring is 1. The maximum Gasteiger partial charge on any atom is 0.246 e. The van der Waals surface area contributed by atoms with E-state index in [1.165, 1.54) is 12.4 Å². The predicted octanol–water partition coefficient (Wildman–Crippen LogP) is 3.03. The van der Waals surface area contributed by atoms with Crippen molar-refractivity contribution in [3.8, 4) is 11.8 Å². The first-order valence-corrected chi connectivity index (χ1v) is 10.8. The molecule has 2 N–H and O–H groups in total. The lowest BCUT2D eigenvalue weighted by atomic mass is 10.2. The summed E-state index contributed by atoms with van der Waals surface area (Å²) in [4.78, 5) is 26.8. The van der Waals surface area contributed by atoms with Crippen LogP contribution in [0.15, 0.2) is 41.6 Å². The highest BCUT2D eigenvalue weighted by Gasteiger charge is 2.29. The average Bonchev–Trinajstić information content (AvgIpc) is 3.53. The minimum Gasteiger partial charge on any atom is -0.440 e. The number of fused-ring (bicyclic) bond motifs is 2. The topological polar surface area (TPSA) is 116 Å². The average molecular weight is 441 g/mol. The summed E-state index contributed by atoms with van der Waals surface area (Å²) in [7, 11) is 0. The summed E-state index contributed by atoms with van der Waals surface area (Å²) in [6, 6.07) is 5.63. The molecule has 1 aliphatic heterocycles. The van der Waals surface area contributed by atoms with Gasteiger partial charge in [-0.1, -0.05) is 26.3 Å². The van der Waals surface area contributed by atoms with E-state index in [0.717, 1.165) is 23.1 Å². The molecule has 1 amide bonds. The van der Waals surface area contributed by atoms with Crippen LogP contribution in [0.2, 0.25) is 0 Å². The Hall–Kier alpha value is -4.19. The van der Waals surface area contributed by atoms with E-state index < -0.39 is 0 Å². The SMILES string of the molecule is C=CC(=O)N1CCC(n2nc(C#Cc3ccc4oc(C(C)C)nc4c3)c3c(N)ncnc32)C1. The van der Waals surface area contributed by atoms with Gasteiger partial charge in [-0.15, -0.1) is 0 Å². The van der Waals surface area contributed by atoms with Gasteiger partial charge in [0, 0.05) is 24.6 Å². The molecule has 5 rings (SSSR count). The molecule has 1 aliphatic rings. The Morgan fingerprint density at radius 3 is 2.97 bits per heavy atom. The van der Waals surface area contributed by atoms with Crippen LogP contribution < -0.4 is 5.73 Å². The van der Waals surface area contributed by atoms with Crippen LogP contribution in [0.1, 0.15) is 49.4 Å². The zero-order chi connectivity index (χ0) is 23.1. The number of likely N-dealkylation sites (tertiary alicyclic amines) is 1. The minimum absolute atomic E-state index is 0.0258. The number of rotatable bonds is 3. The molecule has 4 heterocycles. The van der Waals surface area contributed by atoms with Crippen LogP contribution >= 0.6 is 0 Å². The molecule has 0 spiro atoms. The number of hydrogen-bond acceptors (Lipinski definition) is 7. The zero-order valence-electron chi connectivity index (χ0n) is 18.4. The summed E-state index contributed by atoms with van der Waals surface area (Å²) in [5, 5.41) is 5.33. The minimum atomic E-state index is -0.0908. The first-order chi connectivity index (χ1) is 15.9. The summed E-state index contributed by atoms with van der Waals surface area (Å²) >= 11 is 0. The highest BCUT2D eigenvalue weighted by atomic mass is 16.3. The van der Waals surface area contributed by atoms with E-state index >= 15 is 0 Å². The number of anilines is 1. The van der Waals surface area contributed by atoms with Crippen molar-refractivity contribution >= 4 is 33.9 Å². The predicted molar refractivity (Wildman–Crippen MR) is 124 cm³/mol. The number of aromatic nitrogens is 5. The molecule has 33 heavy (non-hydrogen) atoms. The van der Waals surface area contributed by atoms with Gasteiger partial charge in [-0.25, -0.2) is 19.6 Å². The summed E-state index contributed by atoms with van der Waals surface area (Å²) in [6.07, 6.45) is 3.50. The third-order valence-corrected chi connectivity index (χ3v) is 5.74. The van der Waals surface area contributed by atoms with Crippen molar-refractivity contribution in [2.24, 2.45) is 0 Å². The summed E-state index contributed by atoms with van der Waals surface area (Å²) in [6.45, 7) is 8.81. The van der Waals surface area contributed by atoms with Gasteiger partial charge < -0.3 is 15.1 Å². The number of amides is 1. The Morgan fingerprint density at radius 1 is 1.33 bits per heavy atom. The molecule has 0 radical (unpaired) electrons. The van der Waals surface area contributed by atoms with E-state index in [1.807, 2.05) is 36.7 Å². The number of carbonyl (C=O) groups excluding carboxylic acids is 1. The van der Waals surface area contributed by atoms with Crippen LogP contribution in [0.5, 0.6) is 0 Å². The van der Waals surface area contributed by atoms with Crippen molar-refractivity contribution in [3.05, 3.63) is 54.3 Å². The van der Waals surface area contributed by atoms with Gasteiger partial charge in [0.05, 0.1) is 11.4 Å². The molecule has 1 aromatic carbocycles. The van der Waals surface area contributed by atoms with Gasteiger partial charge >= 0.3 is 0 Å². The molecular formula is C24H23N7O2. The Morgan fingerprint density at radius 2 is 2.18 bits per heavy atom. The number of carbonyl (C=O) groups is 1. The van der Waals surface area contributed by atoms with Gasteiger partial charge in [0.1, 0.15) is 23.4 Å². The highest BCUT2D eigenvalue weighted by Crippen LogP contribution is 2.28. The van der Waals surface area contributed by atoms with Crippen LogP contribution in [0, 0.1) is 11.8 Å². The molecule has 9 heteroatoms. The maximum absolute atomic E-state index is 12.0. The summed E-state index contributed by atoms with van der Waals surface area (Å²) in [5.41, 5.74) is 9.56. The molecule has 3 aromatic heterocycles. The quantitative estimate of drug-likeness (QED) is 0.384. The van der Waals surface area contributed by atoms with Crippen LogP contribution in [-0.2, 0) is 4.79 Å². The third kappa shape index (κ3) is 3.69. The largest absolute Gasteiger partial charge is 0.440 e. The molecule has 166 valence electrons. The first kappa shape index (κ1) is 20.7. The highest BCUT2D eigenvalue weighted by molar-refractivity contribution is 5.91. The van der Waals surface area contributed by atoms with Crippen LogP contribution in [0.4, 0.5) is 5.82 Å². The molecule has 4 aromatic rings. The van der Waals surface area contributed by atoms with E-state index in [4.69, 9.17) is 15.2 Å². The number of benzene rings is 1. The molecule has 1 saturated heterocycles. The van der Waals surface area contributed by atoms with Crippen LogP contribution in [0.3, 0.4) is 0 Å². The van der Waals surface area contributed by atoms with Crippen molar-refractivity contribution in [2.75, 3.05) is 18.8 Å². The molecule has 9 nitrogen and oxygen atoms in total. The van der Waals surface area contributed by atoms with Gasteiger partial charge in [0.15, 0.2) is 17.1 Å². The fourth-order valence-corrected chi connectivity index (χ4v) is 4.01. The monoisotopic (exact) mass is 441 g/mol. The second-order valence-electron chi connectivity index (χ2n) is 8.32. The van der Waals surface area contributed by atoms with Gasteiger partial charge in [-0.05, 0) is 36.6 Å². The van der Waals surface area contributed by atoms with E-state index in [-0.39, 0.29) is 17.9 Å². The Bertz CT molecular complexity index is 1450. The Labute approximate surface area is 190 Å². The lowest BCUT2D eigenvalue weighted by Gasteiger charge is -2.14. The molecule has 1 unspecified atom stereocenters. The van der Waals surface area contributed by atoms with Crippen molar-refractivity contribution in [1.82, 2.24) is 29.6 Å². The smallest absolute Gasteiger partial charge is 0.246 e. The van der Waals surface area contributed by atoms with Crippen molar-refractivity contribution in [1.29, 1.82) is 0 Å². The zero-order valence-corrected chi connectivity index (χ0v) is 18.4. The molecule has 0 aliphatic carbocycles. The number of hydrogen-bond donors (Lipinski definition) is 1. The van der Waals surface area contributed by atoms with E-state index in [2.05, 4.69) is 33.4 Å². The van der Waals surface area contributed by atoms with E-state index in [0.29, 0.717) is 41.5 Å². The fraction of sp³-hybridized carbons (Fsp3) is 0.292. The number of oxazole rings is 1. The third-order valence-electron chi connectivity index (χ3n) is 5.74. The second-order valence-corrected chi connectivity index (χ2v) is 8.32. The Kier molecular flexibility index (Phi) is 5.05. The van der Waals surface area contributed by atoms with Gasteiger partial charge in [0.25, 0.3) is 0 Å².